The van der Waals surface area contributed by atoms with Crippen molar-refractivity contribution in [3.05, 3.63) is 35.4 Å². The van der Waals surface area contributed by atoms with Gasteiger partial charge in [-0.1, -0.05) is 24.3 Å². The van der Waals surface area contributed by atoms with Crippen LogP contribution in [-0.4, -0.2) is 38.6 Å². The van der Waals surface area contributed by atoms with E-state index in [0.29, 0.717) is 0 Å². The number of unbranched alkanes of at least 4 members (excludes halogenated alkanes) is 1. The molecule has 0 radical (unpaired) electrons. The Hall–Kier alpha value is -0.860. The van der Waals surface area contributed by atoms with Gasteiger partial charge in [-0.15, -0.1) is 0 Å². The number of nitrogens with one attached hydrogen (secondary N) is 1. The fourth-order valence-corrected chi connectivity index (χ4v) is 2.50. The van der Waals surface area contributed by atoms with Crippen molar-refractivity contribution in [1.29, 1.82) is 0 Å². The van der Waals surface area contributed by atoms with Gasteiger partial charge in [0.15, 0.2) is 0 Å². The highest BCUT2D eigenvalue weighted by atomic mass is 15.0. The zero-order valence-corrected chi connectivity index (χ0v) is 11.1. The van der Waals surface area contributed by atoms with Gasteiger partial charge in [-0.05, 0) is 57.6 Å². The summed E-state index contributed by atoms with van der Waals surface area (Å²) in [4.78, 5) is 2.25. The van der Waals surface area contributed by atoms with Crippen molar-refractivity contribution >= 4 is 0 Å². The van der Waals surface area contributed by atoms with E-state index >= 15 is 0 Å². The van der Waals surface area contributed by atoms with Crippen molar-refractivity contribution < 1.29 is 0 Å². The van der Waals surface area contributed by atoms with Crippen LogP contribution in [0.1, 0.15) is 29.9 Å². The predicted molar refractivity (Wildman–Crippen MR) is 73.5 cm³/mol. The normalized spacial score (nSPS) is 17.9. The van der Waals surface area contributed by atoms with Crippen molar-refractivity contribution in [2.45, 2.75) is 25.2 Å². The monoisotopic (exact) mass is 232 g/mol. The van der Waals surface area contributed by atoms with Crippen LogP contribution in [0.3, 0.4) is 0 Å². The molecular weight excluding hydrogens is 208 g/mol. The second kappa shape index (κ2) is 6.18. The largest absolute Gasteiger partial charge is 0.316 e. The number of fused-ring (bicyclic) bond motifs is 1. The van der Waals surface area contributed by atoms with E-state index in [1.807, 2.05) is 0 Å². The van der Waals surface area contributed by atoms with E-state index in [1.54, 1.807) is 11.1 Å². The van der Waals surface area contributed by atoms with Gasteiger partial charge < -0.3 is 10.2 Å². The maximum atomic E-state index is 3.58. The summed E-state index contributed by atoms with van der Waals surface area (Å²) < 4.78 is 0. The molecule has 94 valence electrons. The third kappa shape index (κ3) is 3.55. The molecule has 0 saturated heterocycles. The van der Waals surface area contributed by atoms with Crippen molar-refractivity contribution in [3.8, 4) is 0 Å². The van der Waals surface area contributed by atoms with E-state index in [4.69, 9.17) is 0 Å². The maximum Gasteiger partial charge on any atom is 0.00234 e. The molecule has 17 heavy (non-hydrogen) atoms. The first kappa shape index (κ1) is 12.6. The molecule has 1 aliphatic carbocycles. The van der Waals surface area contributed by atoms with Crippen LogP contribution in [0, 0.1) is 0 Å². The van der Waals surface area contributed by atoms with Gasteiger partial charge in [0.2, 0.25) is 0 Å². The van der Waals surface area contributed by atoms with Crippen LogP contribution in [0.4, 0.5) is 0 Å². The molecule has 2 rings (SSSR count). The zero-order valence-electron chi connectivity index (χ0n) is 11.1. The summed E-state index contributed by atoms with van der Waals surface area (Å²) in [6.45, 7) is 3.51. The highest BCUT2D eigenvalue weighted by Crippen LogP contribution is 2.33. The molecule has 0 saturated carbocycles. The molecule has 0 spiro atoms. The van der Waals surface area contributed by atoms with Crippen LogP contribution in [0.5, 0.6) is 0 Å². The van der Waals surface area contributed by atoms with Crippen molar-refractivity contribution in [2.75, 3.05) is 33.7 Å². The van der Waals surface area contributed by atoms with Gasteiger partial charge in [0.05, 0.1) is 0 Å². The molecule has 0 heterocycles. The van der Waals surface area contributed by atoms with Gasteiger partial charge in [-0.2, -0.15) is 0 Å². The quantitative estimate of drug-likeness (QED) is 0.725. The van der Waals surface area contributed by atoms with Crippen LogP contribution in [-0.2, 0) is 6.42 Å². The molecule has 1 unspecified atom stereocenters. The van der Waals surface area contributed by atoms with Crippen molar-refractivity contribution in [2.24, 2.45) is 0 Å². The molecule has 1 aromatic rings. The molecule has 0 amide bonds. The minimum atomic E-state index is 0.764. The Labute approximate surface area is 105 Å². The standard InChI is InChI=1S/C15H24N2/c1-17(2)10-6-5-9-16-12-14-11-13-7-3-4-8-15(13)14/h3-4,7-8,14,16H,5-6,9-12H2,1-2H3. The summed E-state index contributed by atoms with van der Waals surface area (Å²) in [6, 6.07) is 8.83. The minimum Gasteiger partial charge on any atom is -0.316 e. The molecule has 1 aliphatic rings. The molecular formula is C15H24N2. The van der Waals surface area contributed by atoms with Crippen LogP contribution < -0.4 is 5.32 Å². The minimum absolute atomic E-state index is 0.764. The van der Waals surface area contributed by atoms with Crippen LogP contribution >= 0.6 is 0 Å². The van der Waals surface area contributed by atoms with E-state index in [-0.39, 0.29) is 0 Å². The summed E-state index contributed by atoms with van der Waals surface area (Å²) in [7, 11) is 4.28. The second-order valence-corrected chi connectivity index (χ2v) is 5.31. The first-order valence-electron chi connectivity index (χ1n) is 6.70. The Morgan fingerprint density at radius 2 is 2.06 bits per heavy atom. The number of benzene rings is 1. The average molecular weight is 232 g/mol. The SMILES string of the molecule is CN(C)CCCCNCC1Cc2ccccc21. The summed E-state index contributed by atoms with van der Waals surface area (Å²) in [5, 5.41) is 3.58. The van der Waals surface area contributed by atoms with E-state index < -0.39 is 0 Å². The second-order valence-electron chi connectivity index (χ2n) is 5.31. The third-order valence-electron chi connectivity index (χ3n) is 3.56. The van der Waals surface area contributed by atoms with Gasteiger partial charge >= 0.3 is 0 Å². The lowest BCUT2D eigenvalue weighted by Gasteiger charge is -2.30. The summed E-state index contributed by atoms with van der Waals surface area (Å²) in [6.07, 6.45) is 3.84. The smallest absolute Gasteiger partial charge is 0.00234 e. The number of rotatable bonds is 7. The topological polar surface area (TPSA) is 15.3 Å². The van der Waals surface area contributed by atoms with Crippen LogP contribution in [0.15, 0.2) is 24.3 Å². The Morgan fingerprint density at radius 3 is 2.82 bits per heavy atom. The first-order chi connectivity index (χ1) is 8.27. The van der Waals surface area contributed by atoms with Crippen LogP contribution in [0.2, 0.25) is 0 Å². The third-order valence-corrected chi connectivity index (χ3v) is 3.56. The van der Waals surface area contributed by atoms with E-state index in [1.165, 1.54) is 25.8 Å². The summed E-state index contributed by atoms with van der Waals surface area (Å²) in [5.41, 5.74) is 3.11. The van der Waals surface area contributed by atoms with E-state index in [0.717, 1.165) is 19.0 Å². The van der Waals surface area contributed by atoms with E-state index in [9.17, 15) is 0 Å². The van der Waals surface area contributed by atoms with Gasteiger partial charge in [-0.3, -0.25) is 0 Å². The summed E-state index contributed by atoms with van der Waals surface area (Å²) >= 11 is 0. The number of hydrogen-bond donors (Lipinski definition) is 1. The molecule has 0 aliphatic heterocycles. The van der Waals surface area contributed by atoms with Crippen molar-refractivity contribution in [3.63, 3.8) is 0 Å². The first-order valence-corrected chi connectivity index (χ1v) is 6.70. The molecule has 0 bridgehead atoms. The zero-order chi connectivity index (χ0) is 12.1. The Morgan fingerprint density at radius 1 is 1.24 bits per heavy atom. The Balaban J connectivity index is 1.56. The Kier molecular flexibility index (Phi) is 4.57. The molecule has 2 nitrogen and oxygen atoms in total. The molecule has 1 atom stereocenters. The Bertz CT molecular complexity index is 347. The van der Waals surface area contributed by atoms with Gasteiger partial charge in [0.1, 0.15) is 0 Å². The summed E-state index contributed by atoms with van der Waals surface area (Å²) in [5.74, 6) is 0.764. The van der Waals surface area contributed by atoms with Gasteiger partial charge in [0.25, 0.3) is 0 Å². The lowest BCUT2D eigenvalue weighted by atomic mass is 9.77. The predicted octanol–water partition coefficient (Wildman–Crippen LogP) is 2.26. The fourth-order valence-electron chi connectivity index (χ4n) is 2.50. The average Bonchev–Trinajstić information content (AvgIpc) is 2.28. The highest BCUT2D eigenvalue weighted by molar-refractivity contribution is 5.40. The molecule has 1 aromatic carbocycles. The fraction of sp³-hybridized carbons (Fsp3) is 0.600. The van der Waals surface area contributed by atoms with Crippen molar-refractivity contribution in [1.82, 2.24) is 10.2 Å². The number of hydrogen-bond acceptors (Lipinski definition) is 2. The lowest BCUT2D eigenvalue weighted by Crippen LogP contribution is -2.29. The van der Waals surface area contributed by atoms with Gasteiger partial charge in [-0.25, -0.2) is 0 Å². The molecule has 0 aromatic heterocycles. The maximum absolute atomic E-state index is 3.58. The molecule has 0 fully saturated rings. The number of nitrogens with zero attached hydrogens (tertiary/aromatic N) is 1. The highest BCUT2D eigenvalue weighted by Gasteiger charge is 2.24. The molecule has 2 heteroatoms. The van der Waals surface area contributed by atoms with Crippen LogP contribution in [0.25, 0.3) is 0 Å². The van der Waals surface area contributed by atoms with Gasteiger partial charge in [0, 0.05) is 12.5 Å². The van der Waals surface area contributed by atoms with E-state index in [2.05, 4.69) is 48.6 Å². The molecule has 1 N–H and O–H groups in total. The lowest BCUT2D eigenvalue weighted by molar-refractivity contribution is 0.390.